The number of thiol groups is 1. The molecule has 1 heterocycles. The Hall–Kier alpha value is -1.22. The van der Waals surface area contributed by atoms with Gasteiger partial charge in [-0.2, -0.15) is 12.6 Å². The minimum absolute atomic E-state index is 0.0160. The van der Waals surface area contributed by atoms with E-state index in [1.807, 2.05) is 24.4 Å². The molecule has 2 nitrogen and oxygen atoms in total. The van der Waals surface area contributed by atoms with E-state index in [2.05, 4.69) is 24.8 Å². The molecular weight excluding hydrogens is 206 g/mol. The predicted octanol–water partition coefficient (Wildman–Crippen LogP) is 2.54. The van der Waals surface area contributed by atoms with Gasteiger partial charge in [0, 0.05) is 19.5 Å². The van der Waals surface area contributed by atoms with Gasteiger partial charge in [0.2, 0.25) is 5.91 Å². The van der Waals surface area contributed by atoms with E-state index in [4.69, 9.17) is 0 Å². The van der Waals surface area contributed by atoms with E-state index < -0.39 is 0 Å². The molecule has 1 amide bonds. The van der Waals surface area contributed by atoms with Crippen LogP contribution in [-0.4, -0.2) is 16.2 Å². The zero-order valence-electron chi connectivity index (χ0n) is 8.55. The molecule has 2 rings (SSSR count). The number of rotatable bonds is 1. The molecule has 3 heteroatoms. The van der Waals surface area contributed by atoms with Crippen LogP contribution in [0.1, 0.15) is 18.9 Å². The Kier molecular flexibility index (Phi) is 2.82. The van der Waals surface area contributed by atoms with Crippen LogP contribution in [0.5, 0.6) is 0 Å². The molecule has 1 aliphatic heterocycles. The van der Waals surface area contributed by atoms with Crippen LogP contribution >= 0.6 is 12.6 Å². The van der Waals surface area contributed by atoms with Crippen molar-refractivity contribution < 1.29 is 4.79 Å². The highest BCUT2D eigenvalue weighted by Gasteiger charge is 2.24. The summed E-state index contributed by atoms with van der Waals surface area (Å²) in [6.07, 6.45) is 2.71. The van der Waals surface area contributed by atoms with Crippen molar-refractivity contribution in [2.75, 3.05) is 0 Å². The molecule has 0 saturated heterocycles. The Morgan fingerprint density at radius 1 is 1.40 bits per heavy atom. The minimum Gasteiger partial charge on any atom is -0.306 e. The van der Waals surface area contributed by atoms with E-state index in [1.165, 1.54) is 11.1 Å². The van der Waals surface area contributed by atoms with Crippen LogP contribution in [0.4, 0.5) is 0 Å². The summed E-state index contributed by atoms with van der Waals surface area (Å²) in [5.74, 6) is 0.0425. The van der Waals surface area contributed by atoms with Crippen molar-refractivity contribution in [1.82, 2.24) is 4.90 Å². The quantitative estimate of drug-likeness (QED) is 0.720. The first-order valence-electron chi connectivity index (χ1n) is 4.91. The van der Waals surface area contributed by atoms with Crippen molar-refractivity contribution in [3.8, 4) is 0 Å². The van der Waals surface area contributed by atoms with Crippen LogP contribution in [0.15, 0.2) is 36.5 Å². The standard InChI is InChI=1S/C12H13NOS/c1-9(14)13-8-11(7-12(13)15)10-5-3-2-4-6-10/h2-6,8,12,15H,7H2,1H3/t12-/m1/s1. The first-order chi connectivity index (χ1) is 7.18. The maximum atomic E-state index is 11.3. The Balaban J connectivity index is 2.27. The largest absolute Gasteiger partial charge is 0.306 e. The van der Waals surface area contributed by atoms with Gasteiger partial charge in [0.05, 0.1) is 5.37 Å². The van der Waals surface area contributed by atoms with Gasteiger partial charge in [0.25, 0.3) is 0 Å². The zero-order chi connectivity index (χ0) is 10.8. The number of nitrogens with zero attached hydrogens (tertiary/aromatic N) is 1. The third kappa shape index (κ3) is 2.07. The highest BCUT2D eigenvalue weighted by molar-refractivity contribution is 7.80. The fourth-order valence-electron chi connectivity index (χ4n) is 1.75. The second-order valence-corrected chi connectivity index (χ2v) is 4.23. The van der Waals surface area contributed by atoms with Gasteiger partial charge in [-0.3, -0.25) is 4.79 Å². The van der Waals surface area contributed by atoms with Crippen molar-refractivity contribution in [1.29, 1.82) is 0 Å². The van der Waals surface area contributed by atoms with Gasteiger partial charge in [-0.05, 0) is 11.1 Å². The average molecular weight is 219 g/mol. The summed E-state index contributed by atoms with van der Waals surface area (Å²) in [6.45, 7) is 1.56. The third-order valence-corrected chi connectivity index (χ3v) is 2.96. The van der Waals surface area contributed by atoms with Crippen molar-refractivity contribution in [2.45, 2.75) is 18.7 Å². The second kappa shape index (κ2) is 4.11. The molecule has 0 N–H and O–H groups in total. The first-order valence-corrected chi connectivity index (χ1v) is 5.43. The SMILES string of the molecule is CC(=O)N1C=C(c2ccccc2)C[C@H]1S. The van der Waals surface area contributed by atoms with Gasteiger partial charge in [-0.15, -0.1) is 0 Å². The average Bonchev–Trinajstić information content (AvgIpc) is 2.62. The number of hydrogen-bond donors (Lipinski definition) is 1. The predicted molar refractivity (Wildman–Crippen MR) is 64.3 cm³/mol. The minimum atomic E-state index is -0.0160. The first kappa shape index (κ1) is 10.3. The lowest BCUT2D eigenvalue weighted by molar-refractivity contribution is -0.126. The summed E-state index contributed by atoms with van der Waals surface area (Å²) in [7, 11) is 0. The third-order valence-electron chi connectivity index (χ3n) is 2.53. The van der Waals surface area contributed by atoms with E-state index in [0.29, 0.717) is 0 Å². The summed E-state index contributed by atoms with van der Waals surface area (Å²) < 4.78 is 0. The number of benzene rings is 1. The lowest BCUT2D eigenvalue weighted by Crippen LogP contribution is -2.26. The van der Waals surface area contributed by atoms with E-state index in [9.17, 15) is 4.79 Å². The van der Waals surface area contributed by atoms with Crippen molar-refractivity contribution in [3.05, 3.63) is 42.1 Å². The number of hydrogen-bond acceptors (Lipinski definition) is 2. The van der Waals surface area contributed by atoms with Gasteiger partial charge in [-0.1, -0.05) is 30.3 Å². The van der Waals surface area contributed by atoms with E-state index in [-0.39, 0.29) is 11.3 Å². The summed E-state index contributed by atoms with van der Waals surface area (Å²) in [5.41, 5.74) is 2.34. The summed E-state index contributed by atoms with van der Waals surface area (Å²) in [6, 6.07) is 10.1. The molecule has 0 fully saturated rings. The van der Waals surface area contributed by atoms with Gasteiger partial charge in [0.1, 0.15) is 0 Å². The smallest absolute Gasteiger partial charge is 0.224 e. The number of carbonyl (C=O) groups is 1. The molecule has 0 spiro atoms. The number of carbonyl (C=O) groups excluding carboxylic acids is 1. The molecule has 0 aromatic heterocycles. The van der Waals surface area contributed by atoms with Crippen LogP contribution in [0, 0.1) is 0 Å². The fourth-order valence-corrected chi connectivity index (χ4v) is 2.17. The molecular formula is C12H13NOS. The van der Waals surface area contributed by atoms with Crippen LogP contribution in [-0.2, 0) is 4.79 Å². The summed E-state index contributed by atoms with van der Waals surface area (Å²) >= 11 is 4.39. The maximum absolute atomic E-state index is 11.3. The van der Waals surface area contributed by atoms with Crippen molar-refractivity contribution in [2.24, 2.45) is 0 Å². The highest BCUT2D eigenvalue weighted by Crippen LogP contribution is 2.31. The molecule has 1 aromatic rings. The molecule has 0 aliphatic carbocycles. The fraction of sp³-hybridized carbons (Fsp3) is 0.250. The second-order valence-electron chi connectivity index (χ2n) is 3.63. The Bertz CT molecular complexity index is 399. The van der Waals surface area contributed by atoms with E-state index in [1.54, 1.807) is 11.8 Å². The molecule has 1 atom stereocenters. The monoisotopic (exact) mass is 219 g/mol. The molecule has 0 unspecified atom stereocenters. The van der Waals surface area contributed by atoms with Gasteiger partial charge >= 0.3 is 0 Å². The van der Waals surface area contributed by atoms with E-state index >= 15 is 0 Å². The molecule has 15 heavy (non-hydrogen) atoms. The normalized spacial score (nSPS) is 20.3. The molecule has 1 aliphatic rings. The van der Waals surface area contributed by atoms with Crippen LogP contribution in [0.25, 0.3) is 5.57 Å². The maximum Gasteiger partial charge on any atom is 0.224 e. The van der Waals surface area contributed by atoms with Gasteiger partial charge in [-0.25, -0.2) is 0 Å². The summed E-state index contributed by atoms with van der Waals surface area (Å²) in [5, 5.41) is -0.0160. The van der Waals surface area contributed by atoms with Crippen molar-refractivity contribution >= 4 is 24.1 Å². The molecule has 78 valence electrons. The van der Waals surface area contributed by atoms with E-state index in [0.717, 1.165) is 6.42 Å². The molecule has 0 bridgehead atoms. The molecule has 0 saturated carbocycles. The zero-order valence-corrected chi connectivity index (χ0v) is 9.45. The molecule has 0 radical (unpaired) electrons. The lowest BCUT2D eigenvalue weighted by Gasteiger charge is -2.16. The number of amides is 1. The van der Waals surface area contributed by atoms with Crippen molar-refractivity contribution in [3.63, 3.8) is 0 Å². The Labute approximate surface area is 95.0 Å². The highest BCUT2D eigenvalue weighted by atomic mass is 32.1. The summed E-state index contributed by atoms with van der Waals surface area (Å²) in [4.78, 5) is 12.9. The van der Waals surface area contributed by atoms with Gasteiger partial charge in [0.15, 0.2) is 0 Å². The van der Waals surface area contributed by atoms with Gasteiger partial charge < -0.3 is 4.90 Å². The van der Waals surface area contributed by atoms with Crippen LogP contribution in [0.2, 0.25) is 0 Å². The lowest BCUT2D eigenvalue weighted by atomic mass is 10.1. The molecule has 1 aromatic carbocycles. The Morgan fingerprint density at radius 2 is 2.07 bits per heavy atom. The van der Waals surface area contributed by atoms with Crippen LogP contribution in [0.3, 0.4) is 0 Å². The topological polar surface area (TPSA) is 20.3 Å². The van der Waals surface area contributed by atoms with Crippen LogP contribution < -0.4 is 0 Å². The Morgan fingerprint density at radius 3 is 2.60 bits per heavy atom.